The van der Waals surface area contributed by atoms with Crippen LogP contribution >= 0.6 is 34.5 Å². The number of benzene rings is 4. The first-order chi connectivity index (χ1) is 19.2. The van der Waals surface area contributed by atoms with Crippen LogP contribution in [0.1, 0.15) is 0 Å². The number of hydrogen-bond acceptors (Lipinski definition) is 9. The Morgan fingerprint density at radius 2 is 1.00 bits per heavy atom. The Morgan fingerprint density at radius 3 is 1.49 bits per heavy atom. The second kappa shape index (κ2) is 10.5. The van der Waals surface area contributed by atoms with E-state index in [4.69, 9.17) is 21.7 Å². The van der Waals surface area contributed by atoms with Crippen LogP contribution < -0.4 is 10.9 Å². The molecule has 1 aliphatic rings. The molecule has 0 spiro atoms. The Hall–Kier alpha value is -3.57. The zero-order valence-corrected chi connectivity index (χ0v) is 23.2. The van der Waals surface area contributed by atoms with Gasteiger partial charge in [-0.15, -0.1) is 22.7 Å². The highest BCUT2D eigenvalue weighted by atomic mass is 35.5. The molecule has 0 saturated carbocycles. The van der Waals surface area contributed by atoms with Crippen molar-refractivity contribution in [1.82, 2.24) is 24.4 Å². The maximum absolute atomic E-state index is 6.61. The summed E-state index contributed by atoms with van der Waals surface area (Å²) in [6.07, 6.45) is 0. The summed E-state index contributed by atoms with van der Waals surface area (Å²) in [5.41, 5.74) is 13.3. The topological polar surface area (TPSA) is 59.6 Å². The summed E-state index contributed by atoms with van der Waals surface area (Å²) in [7, 11) is 0. The molecule has 4 aromatic carbocycles. The van der Waals surface area contributed by atoms with Crippen molar-refractivity contribution < 1.29 is 0 Å². The summed E-state index contributed by atoms with van der Waals surface area (Å²) in [5.74, 6) is 0. The average molecular weight is 570 g/mol. The van der Waals surface area contributed by atoms with Crippen molar-refractivity contribution in [3.05, 3.63) is 97.1 Å². The molecule has 1 fully saturated rings. The van der Waals surface area contributed by atoms with E-state index in [1.807, 2.05) is 48.5 Å². The van der Waals surface area contributed by atoms with E-state index in [-0.39, 0.29) is 0 Å². The number of hydrazine groups is 2. The van der Waals surface area contributed by atoms with E-state index in [0.717, 1.165) is 43.6 Å². The first kappa shape index (κ1) is 24.5. The fourth-order valence-electron chi connectivity index (χ4n) is 4.70. The van der Waals surface area contributed by atoms with Crippen LogP contribution in [0.4, 0.5) is 11.4 Å². The predicted molar refractivity (Wildman–Crippen MR) is 163 cm³/mol. The number of nitrogens with zero attached hydrogens (tertiary/aromatic N) is 5. The zero-order chi connectivity index (χ0) is 26.2. The lowest BCUT2D eigenvalue weighted by molar-refractivity contribution is 0.0479. The Morgan fingerprint density at radius 1 is 0.564 bits per heavy atom. The van der Waals surface area contributed by atoms with Gasteiger partial charge in [0.25, 0.3) is 0 Å². The second-order valence-corrected chi connectivity index (χ2v) is 11.8. The van der Waals surface area contributed by atoms with Crippen LogP contribution in [0.3, 0.4) is 0 Å². The SMILES string of the molecule is ClN1CN(Nc2ccccc2-c2nc3ccccc3s2)CN(Nc2ccccc2-c2nc3ccccc3s2)C1. The number of rotatable bonds is 6. The van der Waals surface area contributed by atoms with E-state index in [2.05, 4.69) is 69.4 Å². The fraction of sp³-hybridized carbons (Fsp3) is 0.103. The summed E-state index contributed by atoms with van der Waals surface area (Å²) in [4.78, 5) is 9.74. The third kappa shape index (κ3) is 5.08. The number of halogens is 1. The molecule has 7 rings (SSSR count). The minimum absolute atomic E-state index is 0.549. The molecule has 7 nitrogen and oxygen atoms in total. The molecule has 2 N–H and O–H groups in total. The summed E-state index contributed by atoms with van der Waals surface area (Å²) in [6, 6.07) is 33.0. The molecular formula is C29H24ClN7S2. The largest absolute Gasteiger partial charge is 0.316 e. The van der Waals surface area contributed by atoms with Crippen LogP contribution in [-0.2, 0) is 0 Å². The van der Waals surface area contributed by atoms with Gasteiger partial charge in [-0.3, -0.25) is 0 Å². The standard InChI is InChI=1S/C29H24ClN7S2/c30-35-17-36(33-22-11-3-1-9-20(22)28-31-24-13-5-7-15-26(24)38-28)19-37(18-35)34-23-12-4-2-10-21(23)29-32-25-14-6-8-16-27(25)39-29/h1-16,33-34H,17-19H2. The van der Waals surface area contributed by atoms with Gasteiger partial charge in [0.2, 0.25) is 0 Å². The van der Waals surface area contributed by atoms with Crippen molar-refractivity contribution in [2.24, 2.45) is 0 Å². The first-order valence-electron chi connectivity index (χ1n) is 12.5. The van der Waals surface area contributed by atoms with Crippen LogP contribution in [0.15, 0.2) is 97.1 Å². The van der Waals surface area contributed by atoms with Gasteiger partial charge in [0.1, 0.15) is 10.0 Å². The molecule has 194 valence electrons. The van der Waals surface area contributed by atoms with E-state index >= 15 is 0 Å². The summed E-state index contributed by atoms with van der Waals surface area (Å²) >= 11 is 10.0. The first-order valence-corrected chi connectivity index (χ1v) is 14.5. The molecule has 0 unspecified atom stereocenters. The van der Waals surface area contributed by atoms with Crippen molar-refractivity contribution in [1.29, 1.82) is 0 Å². The lowest BCUT2D eigenvalue weighted by Crippen LogP contribution is -2.55. The summed E-state index contributed by atoms with van der Waals surface area (Å²) in [5, 5.41) is 6.13. The molecule has 6 aromatic rings. The predicted octanol–water partition coefficient (Wildman–Crippen LogP) is 7.54. The second-order valence-electron chi connectivity index (χ2n) is 9.25. The van der Waals surface area contributed by atoms with E-state index in [1.165, 1.54) is 9.40 Å². The molecular weight excluding hydrogens is 546 g/mol. The van der Waals surface area contributed by atoms with Gasteiger partial charge in [-0.05, 0) is 60.3 Å². The van der Waals surface area contributed by atoms with Crippen molar-refractivity contribution in [3.63, 3.8) is 0 Å². The summed E-state index contributed by atoms with van der Waals surface area (Å²) in [6.45, 7) is 1.70. The quantitative estimate of drug-likeness (QED) is 0.201. The van der Waals surface area contributed by atoms with Crippen LogP contribution in [0, 0.1) is 0 Å². The van der Waals surface area contributed by atoms with Gasteiger partial charge in [0.05, 0.1) is 51.8 Å². The highest BCUT2D eigenvalue weighted by Gasteiger charge is 2.24. The van der Waals surface area contributed by atoms with Crippen molar-refractivity contribution in [2.45, 2.75) is 0 Å². The van der Waals surface area contributed by atoms with Gasteiger partial charge < -0.3 is 10.9 Å². The maximum Gasteiger partial charge on any atom is 0.126 e. The van der Waals surface area contributed by atoms with Gasteiger partial charge in [-0.25, -0.2) is 9.97 Å². The number of hydrogen-bond donors (Lipinski definition) is 2. The van der Waals surface area contributed by atoms with E-state index < -0.39 is 0 Å². The minimum atomic E-state index is 0.549. The molecule has 1 saturated heterocycles. The number of anilines is 2. The number of nitrogens with one attached hydrogen (secondary N) is 2. The third-order valence-electron chi connectivity index (χ3n) is 6.45. The van der Waals surface area contributed by atoms with Crippen molar-refractivity contribution >= 4 is 66.3 Å². The molecule has 2 aromatic heterocycles. The Balaban J connectivity index is 1.12. The molecule has 10 heteroatoms. The number of thiazole rings is 2. The van der Waals surface area contributed by atoms with Gasteiger partial charge in [0, 0.05) is 11.1 Å². The molecule has 1 aliphatic heterocycles. The van der Waals surface area contributed by atoms with Crippen molar-refractivity contribution in [2.75, 3.05) is 30.9 Å². The molecule has 39 heavy (non-hydrogen) atoms. The monoisotopic (exact) mass is 569 g/mol. The number of aromatic nitrogens is 2. The van der Waals surface area contributed by atoms with Gasteiger partial charge in [-0.2, -0.15) is 14.4 Å². The molecule has 0 aliphatic carbocycles. The molecule has 0 bridgehead atoms. The third-order valence-corrected chi connectivity index (χ3v) is 8.80. The van der Waals surface area contributed by atoms with Crippen LogP contribution in [0.2, 0.25) is 0 Å². The van der Waals surface area contributed by atoms with E-state index in [9.17, 15) is 0 Å². The van der Waals surface area contributed by atoms with Gasteiger partial charge in [-0.1, -0.05) is 48.5 Å². The highest BCUT2D eigenvalue weighted by Crippen LogP contribution is 2.36. The van der Waals surface area contributed by atoms with Crippen molar-refractivity contribution in [3.8, 4) is 21.1 Å². The van der Waals surface area contributed by atoms with E-state index in [0.29, 0.717) is 20.0 Å². The zero-order valence-electron chi connectivity index (χ0n) is 20.8. The Kier molecular flexibility index (Phi) is 6.61. The van der Waals surface area contributed by atoms with Gasteiger partial charge in [0.15, 0.2) is 0 Å². The average Bonchev–Trinajstić information content (AvgIpc) is 3.58. The summed E-state index contributed by atoms with van der Waals surface area (Å²) < 4.78 is 4.09. The number of para-hydroxylation sites is 4. The Bertz CT molecular complexity index is 1570. The molecule has 0 radical (unpaired) electrons. The van der Waals surface area contributed by atoms with Gasteiger partial charge >= 0.3 is 0 Å². The molecule has 3 heterocycles. The lowest BCUT2D eigenvalue weighted by Gasteiger charge is -2.40. The smallest absolute Gasteiger partial charge is 0.126 e. The lowest BCUT2D eigenvalue weighted by atomic mass is 10.2. The molecule has 0 atom stereocenters. The Labute approximate surface area is 239 Å². The fourth-order valence-corrected chi connectivity index (χ4v) is 6.97. The van der Waals surface area contributed by atoms with Crippen LogP contribution in [-0.4, -0.2) is 44.4 Å². The molecule has 0 amide bonds. The minimum Gasteiger partial charge on any atom is -0.316 e. The van der Waals surface area contributed by atoms with E-state index in [1.54, 1.807) is 27.1 Å². The number of fused-ring (bicyclic) bond motifs is 2. The normalized spacial score (nSPS) is 15.2. The maximum atomic E-state index is 6.61. The highest BCUT2D eigenvalue weighted by molar-refractivity contribution is 7.22. The van der Waals surface area contributed by atoms with Crippen LogP contribution in [0.25, 0.3) is 41.6 Å². The van der Waals surface area contributed by atoms with Crippen LogP contribution in [0.5, 0.6) is 0 Å².